The summed E-state index contributed by atoms with van der Waals surface area (Å²) in [6, 6.07) is 48.8. The number of aromatic nitrogens is 3. The maximum atomic E-state index is 12.5. The van der Waals surface area contributed by atoms with Gasteiger partial charge in [-0.3, -0.25) is 9.55 Å². The van der Waals surface area contributed by atoms with E-state index in [1.54, 1.807) is 12.3 Å². The van der Waals surface area contributed by atoms with Crippen LogP contribution in [0.15, 0.2) is 164 Å². The molecule has 0 atom stereocenters. The number of para-hydroxylation sites is 1. The van der Waals surface area contributed by atoms with Gasteiger partial charge in [0.15, 0.2) is 0 Å². The van der Waals surface area contributed by atoms with Crippen LogP contribution in [-0.2, 0) is 37.3 Å². The first-order valence-corrected chi connectivity index (χ1v) is 22.4. The minimum atomic E-state index is -0.582. The van der Waals surface area contributed by atoms with E-state index in [2.05, 4.69) is 150 Å². The number of hydrogen-bond donors (Lipinski definition) is 1. The molecule has 0 radical (unpaired) electrons. The average Bonchev–Trinajstić information content (AvgIpc) is 3.70. The molecule has 4 nitrogen and oxygen atoms in total. The molecule has 0 aliphatic rings. The first-order valence-electron chi connectivity index (χ1n) is 24.4. The van der Waals surface area contributed by atoms with Crippen molar-refractivity contribution in [2.24, 2.45) is 0 Å². The molecule has 0 bridgehead atoms. The summed E-state index contributed by atoms with van der Waals surface area (Å²) in [4.78, 5) is 10.4. The molecule has 0 saturated carbocycles. The van der Waals surface area contributed by atoms with Crippen LogP contribution < -0.4 is 0 Å². The fourth-order valence-electron chi connectivity index (χ4n) is 8.47. The number of phenolic OH excluding ortho intramolecular Hbond substituents is 1. The second-order valence-corrected chi connectivity index (χ2v) is 20.3. The van der Waals surface area contributed by atoms with Gasteiger partial charge in [0.05, 0.1) is 22.1 Å². The molecule has 1 N–H and O–H groups in total. The van der Waals surface area contributed by atoms with Crippen molar-refractivity contribution >= 4 is 11.0 Å². The van der Waals surface area contributed by atoms with Crippen LogP contribution in [0.4, 0.5) is 0 Å². The van der Waals surface area contributed by atoms with Gasteiger partial charge in [-0.25, -0.2) is 4.98 Å². The van der Waals surface area contributed by atoms with Gasteiger partial charge in [0.25, 0.3) is 0 Å². The molecule has 0 fully saturated rings. The van der Waals surface area contributed by atoms with Gasteiger partial charge in [-0.2, -0.15) is 0 Å². The van der Waals surface area contributed by atoms with Crippen LogP contribution in [-0.4, -0.2) is 19.6 Å². The van der Waals surface area contributed by atoms with Gasteiger partial charge in [-0.05, 0) is 98.0 Å². The number of nitrogens with zero attached hydrogens (tertiary/aromatic N) is 3. The van der Waals surface area contributed by atoms with E-state index in [-0.39, 0.29) is 67.4 Å². The fourth-order valence-corrected chi connectivity index (χ4v) is 8.47. The number of phenols is 1. The molecule has 2 heterocycles. The van der Waals surface area contributed by atoms with Crippen molar-refractivity contribution in [2.75, 3.05) is 0 Å². The molecule has 9 rings (SSSR count). The van der Waals surface area contributed by atoms with E-state index < -0.39 is 5.41 Å². The molecule has 0 unspecified atom stereocenters. The topological polar surface area (TPSA) is 50.9 Å². The summed E-state index contributed by atoms with van der Waals surface area (Å²) in [7, 11) is 0. The van der Waals surface area contributed by atoms with Crippen LogP contribution in [0.25, 0.3) is 83.9 Å². The second-order valence-electron chi connectivity index (χ2n) is 20.3. The van der Waals surface area contributed by atoms with Crippen molar-refractivity contribution in [3.8, 4) is 78.6 Å². The van der Waals surface area contributed by atoms with Gasteiger partial charge in [0.2, 0.25) is 0 Å². The molecule has 0 aliphatic heterocycles. The van der Waals surface area contributed by atoms with Gasteiger partial charge in [0.1, 0.15) is 11.6 Å². The normalized spacial score (nSPS) is 12.9. The monoisotopic (exact) mass is 1050 g/mol. The Morgan fingerprint density at radius 2 is 1.17 bits per heavy atom. The Balaban J connectivity index is 0.00000659. The Morgan fingerprint density at radius 3 is 1.79 bits per heavy atom. The quantitative estimate of drug-likeness (QED) is 0.162. The molecular formula is C61H58N3OPt-. The zero-order valence-electron chi connectivity index (χ0n) is 43.4. The summed E-state index contributed by atoms with van der Waals surface area (Å²) in [5.74, 6) is 0.813. The Morgan fingerprint density at radius 1 is 0.545 bits per heavy atom. The molecule has 9 aromatic rings. The number of imidazole rings is 1. The summed E-state index contributed by atoms with van der Waals surface area (Å²) in [6.45, 7) is 20.8. The number of rotatable bonds is 7. The molecule has 66 heavy (non-hydrogen) atoms. The van der Waals surface area contributed by atoms with Crippen LogP contribution in [0, 0.1) is 13.0 Å². The van der Waals surface area contributed by atoms with Crippen LogP contribution >= 0.6 is 0 Å². The molecule has 2 aromatic heterocycles. The maximum Gasteiger partial charge on any atom is 0.148 e. The number of fused-ring (bicyclic) bond motifs is 1. The van der Waals surface area contributed by atoms with E-state index in [4.69, 9.17) is 15.5 Å². The van der Waals surface area contributed by atoms with Crippen LogP contribution in [0.2, 0.25) is 0 Å². The molecule has 0 amide bonds. The predicted molar refractivity (Wildman–Crippen MR) is 273 cm³/mol. The maximum absolute atomic E-state index is 12.5. The molecular weight excluding hydrogens is 986 g/mol. The van der Waals surface area contributed by atoms with E-state index in [0.29, 0.717) is 33.8 Å². The van der Waals surface area contributed by atoms with Gasteiger partial charge >= 0.3 is 0 Å². The zero-order valence-corrected chi connectivity index (χ0v) is 41.7. The third kappa shape index (κ3) is 9.22. The van der Waals surface area contributed by atoms with E-state index >= 15 is 0 Å². The number of aryl methyl sites for hydroxylation is 1. The van der Waals surface area contributed by atoms with Crippen molar-refractivity contribution < 1.29 is 31.7 Å². The summed E-state index contributed by atoms with van der Waals surface area (Å²) in [6.07, 6.45) is 1.65. The third-order valence-corrected chi connectivity index (χ3v) is 12.1. The Bertz CT molecular complexity index is 3420. The largest absolute Gasteiger partial charge is 0.507 e. The van der Waals surface area contributed by atoms with Crippen LogP contribution in [0.3, 0.4) is 0 Å². The molecule has 0 saturated heterocycles. The van der Waals surface area contributed by atoms with Crippen LogP contribution in [0.5, 0.6) is 5.75 Å². The fraction of sp³-hybridized carbons (Fsp3) is 0.213. The predicted octanol–water partition coefficient (Wildman–Crippen LogP) is 16.1. The number of pyridine rings is 1. The smallest absolute Gasteiger partial charge is 0.148 e. The number of benzene rings is 7. The number of hydrogen-bond acceptors (Lipinski definition) is 3. The third-order valence-electron chi connectivity index (χ3n) is 12.1. The van der Waals surface area contributed by atoms with Gasteiger partial charge < -0.3 is 5.11 Å². The summed E-state index contributed by atoms with van der Waals surface area (Å²) in [5.41, 5.74) is 13.1. The zero-order chi connectivity index (χ0) is 49.3. The minimum absolute atomic E-state index is 0. The minimum Gasteiger partial charge on any atom is -0.507 e. The average molecular weight is 1050 g/mol. The molecule has 0 spiro atoms. The molecule has 334 valence electrons. The van der Waals surface area contributed by atoms with Crippen LogP contribution in [0.1, 0.15) is 90.1 Å². The summed E-state index contributed by atoms with van der Waals surface area (Å²) >= 11 is 0. The van der Waals surface area contributed by atoms with Gasteiger partial charge in [0, 0.05) is 44.2 Å². The van der Waals surface area contributed by atoms with Crippen molar-refractivity contribution in [3.05, 3.63) is 192 Å². The Kier molecular flexibility index (Phi) is 11.1. The van der Waals surface area contributed by atoms with Gasteiger partial charge in [-0.15, -0.1) is 23.8 Å². The summed E-state index contributed by atoms with van der Waals surface area (Å²) in [5, 5.41) is 12.5. The van der Waals surface area contributed by atoms with E-state index in [9.17, 15) is 5.11 Å². The van der Waals surface area contributed by atoms with Crippen molar-refractivity contribution in [1.29, 1.82) is 0 Å². The van der Waals surface area contributed by atoms with Crippen molar-refractivity contribution in [1.82, 2.24) is 14.5 Å². The second kappa shape index (κ2) is 17.8. The summed E-state index contributed by atoms with van der Waals surface area (Å²) < 4.78 is 38.3. The molecule has 0 aliphatic carbocycles. The first kappa shape index (κ1) is 41.1. The molecule has 7 aromatic carbocycles. The van der Waals surface area contributed by atoms with E-state index in [0.717, 1.165) is 66.8 Å². The first-order chi connectivity index (χ1) is 32.6. The SMILES string of the molecule is [2H]c1c([2H])c(C(C)(C)C)c([2H])c([2H])c1-c1ccnc(-c2[c-]c(-c3cccc4c3nc(-c3cc(C(C)(C)C)cc(C(C)(C)C)c3O)n4-c3cc(C)cc(-c4ccccc4)c3)cc(-c3ccccc3)c2)c1.[Pt]. The molecule has 5 heteroatoms. The Hall–Kier alpha value is -6.35. The van der Waals surface area contributed by atoms with E-state index in [1.807, 2.05) is 57.2 Å². The van der Waals surface area contributed by atoms with Crippen molar-refractivity contribution in [3.63, 3.8) is 0 Å². The Labute approximate surface area is 411 Å². The number of aromatic hydroxyl groups is 1. The van der Waals surface area contributed by atoms with E-state index in [1.165, 1.54) is 0 Å². The van der Waals surface area contributed by atoms with Crippen molar-refractivity contribution in [2.45, 2.75) is 85.5 Å². The van der Waals surface area contributed by atoms with Gasteiger partial charge in [-0.1, -0.05) is 194 Å². The standard InChI is InChI=1S/C61H58N3O.Pt/c1-39-30-44(40-18-13-11-14-19-40)35-50(31-39)64-55-23-17-22-51(56(55)63-58(64)52-37-49(60(5,6)7)38-53(57(52)65)61(8,9)10)46-32-45(41-20-15-12-16-21-41)33-47(34-46)54-36-43(28-29-62-54)42-24-26-48(27-25-42)59(2,3)4;/h11-33,35-38,65H,1-10H3;/q-1;/i24D,25D,26D,27D;.